The molecule has 1 aromatic rings. The summed E-state index contributed by atoms with van der Waals surface area (Å²) in [5.74, 6) is -0.141. The van der Waals surface area contributed by atoms with Crippen LogP contribution in [0.5, 0.6) is 5.75 Å². The number of hydrogen-bond acceptors (Lipinski definition) is 5. The molecular weight excluding hydrogens is 222 g/mol. The van der Waals surface area contributed by atoms with Crippen molar-refractivity contribution in [2.75, 3.05) is 25.6 Å². The van der Waals surface area contributed by atoms with E-state index in [0.29, 0.717) is 36.6 Å². The second-order valence-electron chi connectivity index (χ2n) is 3.37. The van der Waals surface area contributed by atoms with E-state index in [1.807, 2.05) is 0 Å². The van der Waals surface area contributed by atoms with E-state index in [4.69, 9.17) is 20.3 Å². The van der Waals surface area contributed by atoms with Gasteiger partial charge < -0.3 is 20.3 Å². The molecule has 0 aliphatic rings. The molecule has 0 aromatic heterocycles. The Morgan fingerprint density at radius 2 is 2.24 bits per heavy atom. The molecule has 94 valence electrons. The van der Waals surface area contributed by atoms with Gasteiger partial charge >= 0.3 is 5.97 Å². The number of carbonyl (C=O) groups is 1. The van der Waals surface area contributed by atoms with Crippen LogP contribution in [0.2, 0.25) is 0 Å². The third-order valence-electron chi connectivity index (χ3n) is 2.09. The monoisotopic (exact) mass is 239 g/mol. The summed E-state index contributed by atoms with van der Waals surface area (Å²) in [5.41, 5.74) is 6.44. The molecule has 1 aromatic carbocycles. The Bertz CT molecular complexity index is 379. The molecule has 0 heterocycles. The zero-order chi connectivity index (χ0) is 12.7. The summed E-state index contributed by atoms with van der Waals surface area (Å²) in [6.07, 6.45) is 0.483. The van der Waals surface area contributed by atoms with Crippen LogP contribution in [0.3, 0.4) is 0 Å². The third kappa shape index (κ3) is 3.64. The molecule has 0 aliphatic heterocycles. The van der Waals surface area contributed by atoms with Crippen molar-refractivity contribution in [3.8, 4) is 5.75 Å². The molecule has 0 fully saturated rings. The normalized spacial score (nSPS) is 10.0. The van der Waals surface area contributed by atoms with E-state index in [2.05, 4.69) is 0 Å². The van der Waals surface area contributed by atoms with Crippen molar-refractivity contribution in [3.05, 3.63) is 23.8 Å². The van der Waals surface area contributed by atoms with Crippen LogP contribution in [0.15, 0.2) is 18.2 Å². The van der Waals surface area contributed by atoms with Gasteiger partial charge in [0.25, 0.3) is 0 Å². The number of esters is 1. The molecule has 1 rings (SSSR count). The number of nitrogens with two attached hydrogens (primary N) is 1. The van der Waals surface area contributed by atoms with Crippen molar-refractivity contribution in [1.82, 2.24) is 0 Å². The summed E-state index contributed by atoms with van der Waals surface area (Å²) in [5, 5.41) is 8.67. The number of ether oxygens (including phenoxy) is 2. The average Bonchev–Trinajstić information content (AvgIpc) is 2.31. The minimum absolute atomic E-state index is 0.0292. The molecule has 5 nitrogen and oxygen atoms in total. The van der Waals surface area contributed by atoms with Gasteiger partial charge in [0.2, 0.25) is 0 Å². The number of carbonyl (C=O) groups excluding carboxylic acids is 1. The van der Waals surface area contributed by atoms with Crippen molar-refractivity contribution in [2.45, 2.75) is 13.3 Å². The fourth-order valence-electron chi connectivity index (χ4n) is 1.32. The highest BCUT2D eigenvalue weighted by atomic mass is 16.5. The lowest BCUT2D eigenvalue weighted by Gasteiger charge is -2.12. The van der Waals surface area contributed by atoms with Crippen LogP contribution >= 0.6 is 0 Å². The SMILES string of the molecule is CCOC(=O)c1cccc(N)c1OCCCO. The van der Waals surface area contributed by atoms with E-state index in [9.17, 15) is 4.79 Å². The van der Waals surface area contributed by atoms with Crippen LogP contribution in [0.1, 0.15) is 23.7 Å². The fraction of sp³-hybridized carbons (Fsp3) is 0.417. The zero-order valence-corrected chi connectivity index (χ0v) is 9.81. The van der Waals surface area contributed by atoms with Crippen LogP contribution in [0.4, 0.5) is 5.69 Å². The van der Waals surface area contributed by atoms with Gasteiger partial charge in [-0.25, -0.2) is 4.79 Å². The van der Waals surface area contributed by atoms with E-state index in [-0.39, 0.29) is 6.61 Å². The first-order valence-electron chi connectivity index (χ1n) is 5.50. The maximum absolute atomic E-state index is 11.6. The molecule has 0 saturated carbocycles. The summed E-state index contributed by atoms with van der Waals surface area (Å²) < 4.78 is 10.3. The van der Waals surface area contributed by atoms with E-state index < -0.39 is 5.97 Å². The zero-order valence-electron chi connectivity index (χ0n) is 9.81. The molecule has 3 N–H and O–H groups in total. The molecule has 0 saturated heterocycles. The maximum Gasteiger partial charge on any atom is 0.341 e. The van der Waals surface area contributed by atoms with E-state index in [0.717, 1.165) is 0 Å². The average molecular weight is 239 g/mol. The number of aliphatic hydroxyl groups is 1. The van der Waals surface area contributed by atoms with Crippen molar-refractivity contribution in [3.63, 3.8) is 0 Å². The standard InChI is InChI=1S/C12H17NO4/c1-2-16-12(15)9-5-3-6-10(13)11(9)17-8-4-7-14/h3,5-6,14H,2,4,7-8,13H2,1H3. The molecule has 0 unspecified atom stereocenters. The van der Waals surface area contributed by atoms with Gasteiger partial charge in [0, 0.05) is 13.0 Å². The minimum Gasteiger partial charge on any atom is -0.490 e. The Morgan fingerprint density at radius 3 is 2.88 bits per heavy atom. The van der Waals surface area contributed by atoms with Gasteiger partial charge in [0.15, 0.2) is 5.75 Å². The summed E-state index contributed by atoms with van der Waals surface area (Å²) >= 11 is 0. The summed E-state index contributed by atoms with van der Waals surface area (Å²) in [6.45, 7) is 2.36. The summed E-state index contributed by atoms with van der Waals surface area (Å²) in [4.78, 5) is 11.6. The first kappa shape index (κ1) is 13.3. The highest BCUT2D eigenvalue weighted by Gasteiger charge is 2.15. The molecule has 17 heavy (non-hydrogen) atoms. The topological polar surface area (TPSA) is 81.8 Å². The van der Waals surface area contributed by atoms with E-state index in [1.165, 1.54) is 0 Å². The van der Waals surface area contributed by atoms with Crippen molar-refractivity contribution >= 4 is 11.7 Å². The first-order chi connectivity index (χ1) is 8.20. The second-order valence-corrected chi connectivity index (χ2v) is 3.37. The molecule has 5 heteroatoms. The van der Waals surface area contributed by atoms with Gasteiger partial charge in [-0.05, 0) is 19.1 Å². The van der Waals surface area contributed by atoms with Crippen LogP contribution in [0.25, 0.3) is 0 Å². The third-order valence-corrected chi connectivity index (χ3v) is 2.09. The molecule has 0 radical (unpaired) electrons. The van der Waals surface area contributed by atoms with Gasteiger partial charge in [-0.3, -0.25) is 0 Å². The smallest absolute Gasteiger partial charge is 0.341 e. The highest BCUT2D eigenvalue weighted by molar-refractivity contribution is 5.94. The Kier molecular flexibility index (Phi) is 5.29. The van der Waals surface area contributed by atoms with E-state index in [1.54, 1.807) is 25.1 Å². The molecular formula is C12H17NO4. The largest absolute Gasteiger partial charge is 0.490 e. The van der Waals surface area contributed by atoms with E-state index >= 15 is 0 Å². The van der Waals surface area contributed by atoms with Crippen molar-refractivity contribution in [2.24, 2.45) is 0 Å². The summed E-state index contributed by atoms with van der Waals surface area (Å²) in [6, 6.07) is 4.92. The number of anilines is 1. The predicted octanol–water partition coefficient (Wildman–Crippen LogP) is 1.21. The lowest BCUT2D eigenvalue weighted by atomic mass is 10.1. The molecule has 0 atom stereocenters. The van der Waals surface area contributed by atoms with Gasteiger partial charge in [-0.15, -0.1) is 0 Å². The number of hydrogen-bond donors (Lipinski definition) is 2. The van der Waals surface area contributed by atoms with Gasteiger partial charge in [-0.1, -0.05) is 6.07 Å². The highest BCUT2D eigenvalue weighted by Crippen LogP contribution is 2.27. The Morgan fingerprint density at radius 1 is 1.47 bits per heavy atom. The predicted molar refractivity (Wildman–Crippen MR) is 64.0 cm³/mol. The number of para-hydroxylation sites is 1. The Hall–Kier alpha value is -1.75. The number of benzene rings is 1. The number of aliphatic hydroxyl groups excluding tert-OH is 1. The molecule has 0 bridgehead atoms. The second kappa shape index (κ2) is 6.75. The van der Waals surface area contributed by atoms with Crippen molar-refractivity contribution in [1.29, 1.82) is 0 Å². The Balaban J connectivity index is 2.87. The van der Waals surface area contributed by atoms with Gasteiger partial charge in [0.05, 0.1) is 18.9 Å². The van der Waals surface area contributed by atoms with Crippen molar-refractivity contribution < 1.29 is 19.4 Å². The lowest BCUT2D eigenvalue weighted by molar-refractivity contribution is 0.0521. The fourth-order valence-corrected chi connectivity index (χ4v) is 1.32. The van der Waals surface area contributed by atoms with Crippen LogP contribution in [-0.2, 0) is 4.74 Å². The minimum atomic E-state index is -0.459. The summed E-state index contributed by atoms with van der Waals surface area (Å²) in [7, 11) is 0. The molecule has 0 amide bonds. The van der Waals surface area contributed by atoms with Crippen LogP contribution in [-0.4, -0.2) is 30.9 Å². The van der Waals surface area contributed by atoms with Crippen LogP contribution < -0.4 is 10.5 Å². The first-order valence-corrected chi connectivity index (χ1v) is 5.50. The molecule has 0 aliphatic carbocycles. The maximum atomic E-state index is 11.6. The lowest BCUT2D eigenvalue weighted by Crippen LogP contribution is -2.10. The molecule has 0 spiro atoms. The van der Waals surface area contributed by atoms with Crippen LogP contribution in [0, 0.1) is 0 Å². The number of rotatable bonds is 6. The van der Waals surface area contributed by atoms with Gasteiger partial charge in [0.1, 0.15) is 5.56 Å². The Labute approximate surface area is 100 Å². The quantitative estimate of drug-likeness (QED) is 0.443. The van der Waals surface area contributed by atoms with Gasteiger partial charge in [-0.2, -0.15) is 0 Å². The number of nitrogen functional groups attached to an aromatic ring is 1.